The molecule has 2 aromatic rings. The average Bonchev–Trinajstić information content (AvgIpc) is 2.80. The molecule has 2 fully saturated rings. The summed E-state index contributed by atoms with van der Waals surface area (Å²) in [7, 11) is 1.72. The standard InChI is InChI=1S/C24H28N4O2S/c1-16-17(2)22(30-3)9-8-20(16)21-6-4-5-19-14-27(11-12-28(19)21)24(29)18-7-10-23(25-13-18)26-15-31/h7-10,13,19,21H,4-6,11-12,14H2,1-3H3/t19?,21-/m1/s1. The molecule has 0 bridgehead atoms. The molecule has 0 aliphatic carbocycles. The van der Waals surface area contributed by atoms with Gasteiger partial charge in [-0.2, -0.15) is 4.99 Å². The molecule has 3 heterocycles. The molecule has 0 N–H and O–H groups in total. The summed E-state index contributed by atoms with van der Waals surface area (Å²) in [5.41, 5.74) is 4.51. The number of amides is 1. The Morgan fingerprint density at radius 2 is 2.03 bits per heavy atom. The van der Waals surface area contributed by atoms with Crippen LogP contribution < -0.4 is 4.74 Å². The third kappa shape index (κ3) is 4.26. The molecule has 2 saturated heterocycles. The summed E-state index contributed by atoms with van der Waals surface area (Å²) in [6.07, 6.45) is 5.02. The molecule has 2 aliphatic rings. The zero-order valence-corrected chi connectivity index (χ0v) is 19.1. The number of rotatable bonds is 4. The number of piperidine rings is 1. The highest BCUT2D eigenvalue weighted by molar-refractivity contribution is 7.78. The number of hydrogen-bond acceptors (Lipinski definition) is 6. The molecule has 0 radical (unpaired) electrons. The molecule has 31 heavy (non-hydrogen) atoms. The van der Waals surface area contributed by atoms with Crippen molar-refractivity contribution < 1.29 is 9.53 Å². The molecule has 1 aromatic carbocycles. The number of piperazine rings is 1. The van der Waals surface area contributed by atoms with Crippen LogP contribution in [0.3, 0.4) is 0 Å². The Hall–Kier alpha value is -2.60. The number of methoxy groups -OCH3 is 1. The van der Waals surface area contributed by atoms with E-state index >= 15 is 0 Å². The van der Waals surface area contributed by atoms with E-state index in [1.165, 1.54) is 23.1 Å². The lowest BCUT2D eigenvalue weighted by Gasteiger charge is -2.48. The molecule has 2 atom stereocenters. The lowest BCUT2D eigenvalue weighted by Crippen LogP contribution is -2.57. The number of carbonyl (C=O) groups excluding carboxylic acids is 1. The Balaban J connectivity index is 1.50. The minimum atomic E-state index is 0.0311. The fourth-order valence-corrected chi connectivity index (χ4v) is 5.07. The number of nitrogens with zero attached hydrogens (tertiary/aromatic N) is 4. The monoisotopic (exact) mass is 436 g/mol. The van der Waals surface area contributed by atoms with E-state index in [4.69, 9.17) is 4.74 Å². The van der Waals surface area contributed by atoms with Crippen LogP contribution in [0.1, 0.15) is 52.4 Å². The van der Waals surface area contributed by atoms with E-state index in [1.54, 1.807) is 25.4 Å². The predicted octanol–water partition coefficient (Wildman–Crippen LogP) is 4.49. The fraction of sp³-hybridized carbons (Fsp3) is 0.458. The number of carbonyl (C=O) groups is 1. The highest BCUT2D eigenvalue weighted by Crippen LogP contribution is 2.39. The number of hydrogen-bond donors (Lipinski definition) is 0. The van der Waals surface area contributed by atoms with Crippen LogP contribution in [0.25, 0.3) is 0 Å². The van der Waals surface area contributed by atoms with Crippen molar-refractivity contribution in [1.29, 1.82) is 0 Å². The summed E-state index contributed by atoms with van der Waals surface area (Å²) in [5, 5.41) is 2.30. The van der Waals surface area contributed by atoms with E-state index in [9.17, 15) is 4.79 Å². The fourth-order valence-electron chi connectivity index (χ4n) is 4.97. The lowest BCUT2D eigenvalue weighted by atomic mass is 9.86. The average molecular weight is 437 g/mol. The normalized spacial score (nSPS) is 21.2. The van der Waals surface area contributed by atoms with Gasteiger partial charge in [0.1, 0.15) is 5.75 Å². The number of pyridine rings is 1. The van der Waals surface area contributed by atoms with Gasteiger partial charge >= 0.3 is 0 Å². The second-order valence-corrected chi connectivity index (χ2v) is 8.49. The maximum atomic E-state index is 13.1. The summed E-state index contributed by atoms with van der Waals surface area (Å²) in [4.78, 5) is 25.7. The van der Waals surface area contributed by atoms with Crippen molar-refractivity contribution in [3.05, 3.63) is 52.7 Å². The van der Waals surface area contributed by atoms with Gasteiger partial charge in [0.2, 0.25) is 0 Å². The van der Waals surface area contributed by atoms with Crippen molar-refractivity contribution in [3.63, 3.8) is 0 Å². The molecule has 0 spiro atoms. The van der Waals surface area contributed by atoms with Crippen molar-refractivity contribution in [3.8, 4) is 5.75 Å². The van der Waals surface area contributed by atoms with Gasteiger partial charge in [0.15, 0.2) is 5.82 Å². The highest BCUT2D eigenvalue weighted by atomic mass is 32.1. The summed E-state index contributed by atoms with van der Waals surface area (Å²) in [5.74, 6) is 1.44. The van der Waals surface area contributed by atoms with Crippen LogP contribution in [0.4, 0.5) is 5.82 Å². The van der Waals surface area contributed by atoms with E-state index in [1.807, 2.05) is 4.90 Å². The van der Waals surface area contributed by atoms with Crippen LogP contribution in [0.2, 0.25) is 0 Å². The van der Waals surface area contributed by atoms with Gasteiger partial charge in [-0.15, -0.1) is 0 Å². The highest BCUT2D eigenvalue weighted by Gasteiger charge is 2.37. The first-order chi connectivity index (χ1) is 15.0. The van der Waals surface area contributed by atoms with Gasteiger partial charge in [-0.1, -0.05) is 6.07 Å². The van der Waals surface area contributed by atoms with Gasteiger partial charge in [-0.05, 0) is 80.2 Å². The summed E-state index contributed by atoms with van der Waals surface area (Å²) in [6.45, 7) is 6.68. The third-order valence-electron chi connectivity index (χ3n) is 6.74. The lowest BCUT2D eigenvalue weighted by molar-refractivity contribution is 0.0101. The third-order valence-corrected chi connectivity index (χ3v) is 6.84. The van der Waals surface area contributed by atoms with E-state index in [2.05, 4.69) is 58.2 Å². The number of isothiocyanates is 1. The van der Waals surface area contributed by atoms with Crippen molar-refractivity contribution in [1.82, 2.24) is 14.8 Å². The van der Waals surface area contributed by atoms with E-state index < -0.39 is 0 Å². The van der Waals surface area contributed by atoms with Gasteiger partial charge in [0.25, 0.3) is 5.91 Å². The first kappa shape index (κ1) is 21.6. The maximum Gasteiger partial charge on any atom is 0.255 e. The number of aliphatic imine (C=N–C) groups is 1. The molecule has 4 rings (SSSR count). The molecular weight excluding hydrogens is 408 g/mol. The number of thiocarbonyl (C=S) groups is 1. The maximum absolute atomic E-state index is 13.1. The zero-order chi connectivity index (χ0) is 22.0. The van der Waals surface area contributed by atoms with E-state index in [0.29, 0.717) is 23.5 Å². The topological polar surface area (TPSA) is 58.0 Å². The minimum Gasteiger partial charge on any atom is -0.496 e. The van der Waals surface area contributed by atoms with Gasteiger partial charge in [-0.25, -0.2) is 4.98 Å². The molecule has 1 amide bonds. The first-order valence-electron chi connectivity index (χ1n) is 10.8. The molecule has 1 unspecified atom stereocenters. The summed E-state index contributed by atoms with van der Waals surface area (Å²) >= 11 is 4.60. The molecule has 162 valence electrons. The van der Waals surface area contributed by atoms with E-state index in [0.717, 1.165) is 38.2 Å². The quantitative estimate of drug-likeness (QED) is 0.522. The molecule has 2 aliphatic heterocycles. The largest absolute Gasteiger partial charge is 0.496 e. The first-order valence-corrected chi connectivity index (χ1v) is 11.2. The van der Waals surface area contributed by atoms with Crippen LogP contribution in [0, 0.1) is 13.8 Å². The molecule has 7 heteroatoms. The number of ether oxygens (including phenoxy) is 1. The Bertz CT molecular complexity index is 1020. The second-order valence-electron chi connectivity index (χ2n) is 8.30. The molecule has 0 saturated carbocycles. The van der Waals surface area contributed by atoms with Crippen LogP contribution in [0.5, 0.6) is 5.75 Å². The Morgan fingerprint density at radius 1 is 1.19 bits per heavy atom. The van der Waals surface area contributed by atoms with Crippen LogP contribution in [0.15, 0.2) is 35.5 Å². The second kappa shape index (κ2) is 9.27. The van der Waals surface area contributed by atoms with Crippen LogP contribution >= 0.6 is 12.2 Å². The molecular formula is C24H28N4O2S. The van der Waals surface area contributed by atoms with Crippen LogP contribution in [-0.4, -0.2) is 58.6 Å². The van der Waals surface area contributed by atoms with Gasteiger partial charge in [0.05, 0.1) is 17.8 Å². The van der Waals surface area contributed by atoms with Gasteiger partial charge < -0.3 is 9.64 Å². The minimum absolute atomic E-state index is 0.0311. The molecule has 6 nitrogen and oxygen atoms in total. The van der Waals surface area contributed by atoms with Crippen molar-refractivity contribution in [2.75, 3.05) is 26.7 Å². The number of aromatic nitrogens is 1. The van der Waals surface area contributed by atoms with Crippen molar-refractivity contribution in [2.45, 2.75) is 45.2 Å². The van der Waals surface area contributed by atoms with Crippen LogP contribution in [-0.2, 0) is 0 Å². The predicted molar refractivity (Wildman–Crippen MR) is 124 cm³/mol. The van der Waals surface area contributed by atoms with Gasteiger partial charge in [0, 0.05) is 37.9 Å². The van der Waals surface area contributed by atoms with Gasteiger partial charge in [-0.3, -0.25) is 9.69 Å². The smallest absolute Gasteiger partial charge is 0.255 e. The Kier molecular flexibility index (Phi) is 6.46. The summed E-state index contributed by atoms with van der Waals surface area (Å²) < 4.78 is 5.50. The number of benzene rings is 1. The Labute approximate surface area is 188 Å². The SMILES string of the molecule is COc1ccc([C@H]2CCCC3CN(C(=O)c4ccc(N=C=S)nc4)CCN32)c(C)c1C. The summed E-state index contributed by atoms with van der Waals surface area (Å²) in [6, 6.07) is 8.56. The van der Waals surface area contributed by atoms with Crippen molar-refractivity contribution in [2.24, 2.45) is 4.99 Å². The van der Waals surface area contributed by atoms with Crippen molar-refractivity contribution >= 4 is 29.1 Å². The molecule has 1 aromatic heterocycles. The Morgan fingerprint density at radius 3 is 2.74 bits per heavy atom. The zero-order valence-electron chi connectivity index (χ0n) is 18.3. The van der Waals surface area contributed by atoms with E-state index in [-0.39, 0.29) is 5.91 Å². The number of fused-ring (bicyclic) bond motifs is 1.